The number of rotatable bonds is 3. The van der Waals surface area contributed by atoms with E-state index in [0.29, 0.717) is 57.5 Å². The number of carboxylic acids is 1. The summed E-state index contributed by atoms with van der Waals surface area (Å²) in [6, 6.07) is 10.1. The monoisotopic (exact) mass is 600 g/mol. The maximum absolute atomic E-state index is 15.5. The van der Waals surface area contributed by atoms with Gasteiger partial charge >= 0.3 is 5.97 Å². The molecule has 9 nitrogen and oxygen atoms in total. The summed E-state index contributed by atoms with van der Waals surface area (Å²) in [4.78, 5) is 39.5. The lowest BCUT2D eigenvalue weighted by Crippen LogP contribution is -2.28. The minimum Gasteiger partial charge on any atom is -0.478 e. The van der Waals surface area contributed by atoms with E-state index in [0.717, 1.165) is 54.9 Å². The third-order valence-electron chi connectivity index (χ3n) is 8.58. The molecule has 2 N–H and O–H groups in total. The van der Waals surface area contributed by atoms with E-state index >= 15 is 4.39 Å². The fourth-order valence-corrected chi connectivity index (χ4v) is 6.36. The van der Waals surface area contributed by atoms with Gasteiger partial charge in [-0.1, -0.05) is 18.0 Å². The number of carbonyl (C=O) groups is 2. The molecule has 1 aromatic carbocycles. The van der Waals surface area contributed by atoms with Crippen LogP contribution in [0.1, 0.15) is 88.8 Å². The quantitative estimate of drug-likeness (QED) is 0.220. The highest BCUT2D eigenvalue weighted by Gasteiger charge is 2.33. The Labute approximate surface area is 251 Å². The predicted molar refractivity (Wildman–Crippen MR) is 161 cm³/mol. The lowest BCUT2D eigenvalue weighted by Gasteiger charge is -2.17. The third kappa shape index (κ3) is 4.74. The first-order chi connectivity index (χ1) is 20.7. The van der Waals surface area contributed by atoms with Gasteiger partial charge in [-0.3, -0.25) is 4.79 Å². The summed E-state index contributed by atoms with van der Waals surface area (Å²) < 4.78 is 19.6. The SMILES string of the molecule is Cc1c(C(=O)O)cc(F)c2c1nc(-c1cc3ccc4nc3n1CCCCCc1nc(Cl)ccc1C(=O)N[C@@H]4C)n2C1CC1. The maximum Gasteiger partial charge on any atom is 0.336 e. The Hall–Kier alpha value is -4.31. The van der Waals surface area contributed by atoms with Crippen LogP contribution in [0.25, 0.3) is 33.6 Å². The molecular weight excluding hydrogens is 571 g/mol. The zero-order valence-electron chi connectivity index (χ0n) is 23.8. The van der Waals surface area contributed by atoms with E-state index in [1.54, 1.807) is 19.1 Å². The van der Waals surface area contributed by atoms with Gasteiger partial charge in [0.25, 0.3) is 5.91 Å². The molecule has 0 saturated heterocycles. The van der Waals surface area contributed by atoms with Crippen molar-refractivity contribution in [3.8, 4) is 11.5 Å². The fourth-order valence-electron chi connectivity index (χ4n) is 6.20. The zero-order valence-corrected chi connectivity index (χ0v) is 24.6. The molecule has 1 atom stereocenters. The van der Waals surface area contributed by atoms with Crippen molar-refractivity contribution in [3.63, 3.8) is 0 Å². The highest BCUT2D eigenvalue weighted by molar-refractivity contribution is 6.29. The van der Waals surface area contributed by atoms with Gasteiger partial charge in [-0.25, -0.2) is 24.1 Å². The number of hydrogen-bond donors (Lipinski definition) is 2. The fraction of sp³-hybridized carbons (Fsp3) is 0.344. The van der Waals surface area contributed by atoms with Crippen molar-refractivity contribution in [2.45, 2.75) is 71.0 Å². The predicted octanol–water partition coefficient (Wildman–Crippen LogP) is 6.80. The number of hydrogen-bond acceptors (Lipinski definition) is 5. The van der Waals surface area contributed by atoms with Crippen LogP contribution in [-0.2, 0) is 13.0 Å². The van der Waals surface area contributed by atoms with Crippen molar-refractivity contribution in [3.05, 3.63) is 75.4 Å². The number of benzene rings is 1. The number of aromatic carboxylic acids is 1. The number of nitrogens with zero attached hydrogens (tertiary/aromatic N) is 5. The van der Waals surface area contributed by atoms with Crippen LogP contribution in [0.3, 0.4) is 0 Å². The van der Waals surface area contributed by atoms with Gasteiger partial charge in [-0.05, 0) is 87.9 Å². The Morgan fingerprint density at radius 3 is 2.67 bits per heavy atom. The molecule has 4 aromatic heterocycles. The molecule has 7 rings (SSSR count). The molecule has 0 radical (unpaired) electrons. The molecule has 1 saturated carbocycles. The van der Waals surface area contributed by atoms with E-state index in [1.165, 1.54) is 0 Å². The van der Waals surface area contributed by atoms with Crippen LogP contribution in [0, 0.1) is 12.7 Å². The number of imidazole rings is 1. The number of pyridine rings is 2. The van der Waals surface area contributed by atoms with E-state index in [1.807, 2.05) is 29.7 Å². The zero-order chi connectivity index (χ0) is 30.0. The number of nitrogens with one attached hydrogen (secondary N) is 1. The number of carbonyl (C=O) groups excluding carboxylic acids is 1. The van der Waals surface area contributed by atoms with Crippen LogP contribution in [0.2, 0.25) is 5.15 Å². The summed E-state index contributed by atoms with van der Waals surface area (Å²) in [5, 5.41) is 14.0. The van der Waals surface area contributed by atoms with E-state index in [-0.39, 0.29) is 23.6 Å². The van der Waals surface area contributed by atoms with Crippen LogP contribution in [0.15, 0.2) is 36.4 Å². The average molecular weight is 601 g/mol. The molecule has 1 amide bonds. The topological polar surface area (TPSA) is 115 Å². The highest BCUT2D eigenvalue weighted by Crippen LogP contribution is 2.44. The maximum atomic E-state index is 15.5. The van der Waals surface area contributed by atoms with Crippen molar-refractivity contribution < 1.29 is 19.1 Å². The van der Waals surface area contributed by atoms with E-state index in [4.69, 9.17) is 21.6 Å². The van der Waals surface area contributed by atoms with Crippen LogP contribution in [0.4, 0.5) is 4.39 Å². The molecule has 2 aliphatic rings. The summed E-state index contributed by atoms with van der Waals surface area (Å²) in [6.45, 7) is 4.23. The van der Waals surface area contributed by atoms with Gasteiger partial charge < -0.3 is 19.6 Å². The molecule has 220 valence electrons. The number of aryl methyl sites for hydroxylation is 3. The van der Waals surface area contributed by atoms with Gasteiger partial charge in [0, 0.05) is 18.0 Å². The number of halogens is 2. The summed E-state index contributed by atoms with van der Waals surface area (Å²) in [5.74, 6) is -1.38. The standard InChI is InChI=1S/C32H30ClFN6O3/c1-16-21(32(42)43)15-22(34)28-27(16)38-30(40(28)19-8-9-19)25-14-18-7-11-23-17(2)35-31(41)20-10-12-26(33)36-24(20)6-4-3-5-13-39(25)29(18)37-23/h7,10-12,14-15,17,19H,3-6,8-9,13H2,1-2H3,(H,35,41)(H,42,43)/t17-/m1/s1. The van der Waals surface area contributed by atoms with Gasteiger partial charge in [0.2, 0.25) is 0 Å². The van der Waals surface area contributed by atoms with Gasteiger partial charge in [0.05, 0.1) is 39.8 Å². The van der Waals surface area contributed by atoms with Crippen molar-refractivity contribution >= 4 is 45.5 Å². The Balaban J connectivity index is 1.38. The van der Waals surface area contributed by atoms with Crippen molar-refractivity contribution in [1.29, 1.82) is 0 Å². The smallest absolute Gasteiger partial charge is 0.336 e. The molecule has 5 heterocycles. The minimum atomic E-state index is -1.18. The first-order valence-electron chi connectivity index (χ1n) is 14.6. The number of carboxylic acid groups (broad SMARTS) is 1. The first-order valence-corrected chi connectivity index (χ1v) is 15.0. The van der Waals surface area contributed by atoms with Gasteiger partial charge in [0.1, 0.15) is 22.1 Å². The molecular formula is C32H30ClFN6O3. The molecule has 1 aliphatic carbocycles. The second-order valence-corrected chi connectivity index (χ2v) is 11.9. The first kappa shape index (κ1) is 27.5. The molecule has 5 aromatic rings. The lowest BCUT2D eigenvalue weighted by molar-refractivity contribution is 0.0695. The Kier molecular flexibility index (Phi) is 6.69. The van der Waals surface area contributed by atoms with Crippen LogP contribution in [-0.4, -0.2) is 41.1 Å². The Morgan fingerprint density at radius 1 is 1.09 bits per heavy atom. The number of amides is 1. The molecule has 2 bridgehead atoms. The van der Waals surface area contributed by atoms with Crippen molar-refractivity contribution in [2.75, 3.05) is 0 Å². The molecule has 0 unspecified atom stereocenters. The largest absolute Gasteiger partial charge is 0.478 e. The molecule has 1 aliphatic heterocycles. The summed E-state index contributed by atoms with van der Waals surface area (Å²) >= 11 is 6.17. The van der Waals surface area contributed by atoms with Crippen molar-refractivity contribution in [1.82, 2.24) is 29.4 Å². The summed E-state index contributed by atoms with van der Waals surface area (Å²) in [6.07, 6.45) is 4.95. The average Bonchev–Trinajstić information content (AvgIpc) is 3.63. The highest BCUT2D eigenvalue weighted by atomic mass is 35.5. The molecule has 0 spiro atoms. The van der Waals surface area contributed by atoms with Gasteiger partial charge in [0.15, 0.2) is 5.82 Å². The minimum absolute atomic E-state index is 0.0846. The second kappa shape index (κ2) is 10.4. The van der Waals surface area contributed by atoms with Gasteiger partial charge in [-0.15, -0.1) is 0 Å². The van der Waals surface area contributed by atoms with Crippen LogP contribution >= 0.6 is 11.6 Å². The van der Waals surface area contributed by atoms with Crippen LogP contribution < -0.4 is 5.32 Å². The summed E-state index contributed by atoms with van der Waals surface area (Å²) in [7, 11) is 0. The van der Waals surface area contributed by atoms with E-state index < -0.39 is 11.8 Å². The van der Waals surface area contributed by atoms with Gasteiger partial charge in [-0.2, -0.15) is 0 Å². The number of fused-ring (bicyclic) bond motifs is 3. The molecule has 11 heteroatoms. The number of aromatic nitrogens is 5. The third-order valence-corrected chi connectivity index (χ3v) is 8.79. The summed E-state index contributed by atoms with van der Waals surface area (Å²) in [5.41, 5.74) is 4.54. The van der Waals surface area contributed by atoms with Crippen LogP contribution in [0.5, 0.6) is 0 Å². The second-order valence-electron chi connectivity index (χ2n) is 11.5. The Morgan fingerprint density at radius 2 is 1.91 bits per heavy atom. The van der Waals surface area contributed by atoms with E-state index in [2.05, 4.69) is 14.9 Å². The normalized spacial score (nSPS) is 17.7. The van der Waals surface area contributed by atoms with Crippen molar-refractivity contribution in [2.24, 2.45) is 0 Å². The molecule has 1 fully saturated rings. The molecule has 43 heavy (non-hydrogen) atoms. The lowest BCUT2D eigenvalue weighted by atomic mass is 10.1. The van der Waals surface area contributed by atoms with E-state index in [9.17, 15) is 14.7 Å². The Bertz CT molecular complexity index is 1960.